The Bertz CT molecular complexity index is 867. The van der Waals surface area contributed by atoms with Gasteiger partial charge in [0.2, 0.25) is 11.8 Å². The van der Waals surface area contributed by atoms with Crippen LogP contribution in [-0.2, 0) is 16.0 Å². The van der Waals surface area contributed by atoms with Crippen LogP contribution in [0.2, 0.25) is 10.0 Å². The average Bonchev–Trinajstić information content (AvgIpc) is 3.00. The second-order valence-electron chi connectivity index (χ2n) is 6.43. The number of rotatable bonds is 4. The summed E-state index contributed by atoms with van der Waals surface area (Å²) < 4.78 is 0. The minimum absolute atomic E-state index is 0.130. The first-order valence-corrected chi connectivity index (χ1v) is 9.31. The highest BCUT2D eigenvalue weighted by Gasteiger charge is 2.36. The predicted molar refractivity (Wildman–Crippen MR) is 106 cm³/mol. The van der Waals surface area contributed by atoms with E-state index in [9.17, 15) is 9.59 Å². The van der Waals surface area contributed by atoms with E-state index >= 15 is 0 Å². The fourth-order valence-corrected chi connectivity index (χ4v) is 3.64. The van der Waals surface area contributed by atoms with E-state index in [4.69, 9.17) is 23.2 Å². The first kappa shape index (κ1) is 18.7. The number of nitrogens with one attached hydrogen (secondary N) is 1. The second kappa shape index (κ2) is 7.68. The molecule has 1 heterocycles. The summed E-state index contributed by atoms with van der Waals surface area (Å²) in [6.07, 6.45) is 0.979. The van der Waals surface area contributed by atoms with Crippen molar-refractivity contribution in [1.82, 2.24) is 0 Å². The first-order valence-electron chi connectivity index (χ1n) is 8.56. The molecule has 4 nitrogen and oxygen atoms in total. The van der Waals surface area contributed by atoms with Gasteiger partial charge in [0, 0.05) is 18.7 Å². The molecular weight excluding hydrogens is 371 g/mol. The van der Waals surface area contributed by atoms with Crippen LogP contribution in [-0.4, -0.2) is 18.4 Å². The monoisotopic (exact) mass is 390 g/mol. The molecule has 1 aliphatic heterocycles. The Balaban J connectivity index is 1.79. The van der Waals surface area contributed by atoms with E-state index in [1.807, 2.05) is 32.0 Å². The summed E-state index contributed by atoms with van der Waals surface area (Å²) in [5, 5.41) is 3.73. The Kier molecular flexibility index (Phi) is 5.54. The summed E-state index contributed by atoms with van der Waals surface area (Å²) in [5.41, 5.74) is 3.48. The fourth-order valence-electron chi connectivity index (χ4n) is 3.24. The Morgan fingerprint density at radius 3 is 2.69 bits per heavy atom. The van der Waals surface area contributed by atoms with Crippen molar-refractivity contribution in [3.63, 3.8) is 0 Å². The number of hydrogen-bond acceptors (Lipinski definition) is 2. The molecular formula is C20H20Cl2N2O2. The highest BCUT2D eigenvalue weighted by molar-refractivity contribution is 6.44. The number of carbonyl (C=O) groups excluding carboxylic acids is 2. The highest BCUT2D eigenvalue weighted by Crippen LogP contribution is 2.36. The van der Waals surface area contributed by atoms with Crippen LogP contribution in [0.5, 0.6) is 0 Å². The lowest BCUT2D eigenvalue weighted by Crippen LogP contribution is -2.28. The lowest BCUT2D eigenvalue weighted by molar-refractivity contribution is -0.122. The lowest BCUT2D eigenvalue weighted by Gasteiger charge is -2.19. The molecule has 1 fully saturated rings. The predicted octanol–water partition coefficient (Wildman–Crippen LogP) is 4.86. The Morgan fingerprint density at radius 1 is 1.23 bits per heavy atom. The van der Waals surface area contributed by atoms with E-state index < -0.39 is 5.92 Å². The number of aryl methyl sites for hydroxylation is 2. The third-order valence-corrected chi connectivity index (χ3v) is 5.51. The van der Waals surface area contributed by atoms with Crippen LogP contribution in [0.4, 0.5) is 11.4 Å². The van der Waals surface area contributed by atoms with E-state index in [1.54, 1.807) is 18.2 Å². The third kappa shape index (κ3) is 3.57. The maximum absolute atomic E-state index is 12.8. The van der Waals surface area contributed by atoms with Gasteiger partial charge >= 0.3 is 0 Å². The second-order valence-corrected chi connectivity index (χ2v) is 7.22. The molecule has 6 heteroatoms. The Hall–Kier alpha value is -2.04. The molecule has 1 unspecified atom stereocenters. The number of para-hydroxylation sites is 1. The van der Waals surface area contributed by atoms with E-state index in [-0.39, 0.29) is 24.8 Å². The molecule has 0 spiro atoms. The fraction of sp³-hybridized carbons (Fsp3) is 0.300. The number of anilines is 2. The molecule has 2 amide bonds. The van der Waals surface area contributed by atoms with Gasteiger partial charge in [-0.1, -0.05) is 54.4 Å². The zero-order valence-corrected chi connectivity index (χ0v) is 16.2. The van der Waals surface area contributed by atoms with Gasteiger partial charge in [0.05, 0.1) is 21.7 Å². The molecule has 26 heavy (non-hydrogen) atoms. The number of benzene rings is 2. The smallest absolute Gasteiger partial charge is 0.229 e. The summed E-state index contributed by atoms with van der Waals surface area (Å²) in [6.45, 7) is 4.30. The van der Waals surface area contributed by atoms with Gasteiger partial charge in [0.1, 0.15) is 0 Å². The zero-order valence-electron chi connectivity index (χ0n) is 14.7. The van der Waals surface area contributed by atoms with Crippen molar-refractivity contribution in [1.29, 1.82) is 0 Å². The van der Waals surface area contributed by atoms with Gasteiger partial charge < -0.3 is 10.2 Å². The molecule has 1 saturated heterocycles. The van der Waals surface area contributed by atoms with Crippen molar-refractivity contribution in [3.05, 3.63) is 57.6 Å². The maximum Gasteiger partial charge on any atom is 0.229 e. The van der Waals surface area contributed by atoms with E-state index in [0.717, 1.165) is 23.2 Å². The summed E-state index contributed by atoms with van der Waals surface area (Å²) in [4.78, 5) is 26.7. The van der Waals surface area contributed by atoms with Crippen molar-refractivity contribution in [2.75, 3.05) is 16.8 Å². The van der Waals surface area contributed by atoms with Crippen LogP contribution < -0.4 is 10.2 Å². The molecule has 0 aromatic heterocycles. The van der Waals surface area contributed by atoms with Crippen LogP contribution in [0, 0.1) is 12.8 Å². The molecule has 2 aromatic carbocycles. The largest absolute Gasteiger partial charge is 0.325 e. The molecule has 0 radical (unpaired) electrons. The minimum atomic E-state index is -0.429. The van der Waals surface area contributed by atoms with Gasteiger partial charge in [-0.15, -0.1) is 0 Å². The zero-order chi connectivity index (χ0) is 18.8. The summed E-state index contributed by atoms with van der Waals surface area (Å²) in [6, 6.07) is 11.1. The van der Waals surface area contributed by atoms with Crippen molar-refractivity contribution in [2.45, 2.75) is 26.7 Å². The third-order valence-electron chi connectivity index (χ3n) is 4.71. The molecule has 1 atom stereocenters. The normalized spacial score (nSPS) is 16.8. The first-order chi connectivity index (χ1) is 12.4. The summed E-state index contributed by atoms with van der Waals surface area (Å²) in [7, 11) is 0. The van der Waals surface area contributed by atoms with Gasteiger partial charge in [-0.25, -0.2) is 0 Å². The van der Waals surface area contributed by atoms with Crippen molar-refractivity contribution >= 4 is 46.4 Å². The van der Waals surface area contributed by atoms with Crippen LogP contribution in [0.1, 0.15) is 24.5 Å². The minimum Gasteiger partial charge on any atom is -0.325 e. The van der Waals surface area contributed by atoms with Crippen molar-refractivity contribution in [3.8, 4) is 0 Å². The number of carbonyl (C=O) groups is 2. The van der Waals surface area contributed by atoms with Crippen LogP contribution >= 0.6 is 23.2 Å². The van der Waals surface area contributed by atoms with Crippen molar-refractivity contribution in [2.24, 2.45) is 5.92 Å². The number of nitrogens with zero attached hydrogens (tertiary/aromatic N) is 1. The molecule has 0 saturated carbocycles. The molecule has 0 bridgehead atoms. The lowest BCUT2D eigenvalue weighted by atomic mass is 10.0. The molecule has 136 valence electrons. The van der Waals surface area contributed by atoms with Crippen LogP contribution in [0.3, 0.4) is 0 Å². The van der Waals surface area contributed by atoms with Gasteiger partial charge in [-0.05, 0) is 36.6 Å². The molecule has 1 aliphatic rings. The number of amides is 2. The maximum atomic E-state index is 12.8. The topological polar surface area (TPSA) is 49.4 Å². The number of hydrogen-bond donors (Lipinski definition) is 1. The van der Waals surface area contributed by atoms with Crippen LogP contribution in [0.15, 0.2) is 36.4 Å². The molecule has 2 aromatic rings. The Labute approximate surface area is 163 Å². The number of halogens is 2. The summed E-state index contributed by atoms with van der Waals surface area (Å²) in [5.74, 6) is -0.709. The Morgan fingerprint density at radius 2 is 1.96 bits per heavy atom. The van der Waals surface area contributed by atoms with Gasteiger partial charge in [0.15, 0.2) is 0 Å². The van der Waals surface area contributed by atoms with Gasteiger partial charge in [0.25, 0.3) is 0 Å². The summed E-state index contributed by atoms with van der Waals surface area (Å²) >= 11 is 12.3. The average molecular weight is 391 g/mol. The molecule has 0 aliphatic carbocycles. The quantitative estimate of drug-likeness (QED) is 0.810. The molecule has 1 N–H and O–H groups in total. The highest BCUT2D eigenvalue weighted by atomic mass is 35.5. The van der Waals surface area contributed by atoms with Crippen LogP contribution in [0.25, 0.3) is 0 Å². The van der Waals surface area contributed by atoms with Gasteiger partial charge in [-0.3, -0.25) is 9.59 Å². The van der Waals surface area contributed by atoms with E-state index in [2.05, 4.69) is 5.32 Å². The van der Waals surface area contributed by atoms with Crippen molar-refractivity contribution < 1.29 is 9.59 Å². The SMILES string of the molecule is CCc1cccc(C)c1NC(=O)C1CC(=O)N(c2cccc(Cl)c2Cl)C1. The van der Waals surface area contributed by atoms with E-state index in [1.165, 1.54) is 4.90 Å². The molecule has 3 rings (SSSR count). The van der Waals surface area contributed by atoms with Gasteiger partial charge in [-0.2, -0.15) is 0 Å². The standard InChI is InChI=1S/C20H20Cl2N2O2/c1-3-13-7-4-6-12(2)19(13)23-20(26)14-10-17(25)24(11-14)16-9-5-8-15(21)18(16)22/h4-9,14H,3,10-11H2,1-2H3,(H,23,26). The van der Waals surface area contributed by atoms with E-state index in [0.29, 0.717) is 15.7 Å².